The highest BCUT2D eigenvalue weighted by Crippen LogP contribution is 2.20. The first-order valence-electron chi connectivity index (χ1n) is 5.83. The number of nitrogens with zero attached hydrogens (tertiary/aromatic N) is 4. The molecule has 1 saturated heterocycles. The van der Waals surface area contributed by atoms with Crippen molar-refractivity contribution in [1.29, 1.82) is 5.26 Å². The van der Waals surface area contributed by atoms with Gasteiger partial charge in [-0.05, 0) is 6.07 Å². The Labute approximate surface area is 115 Å². The number of aliphatic carboxylic acids is 1. The first-order chi connectivity index (χ1) is 9.41. The molecule has 2 rings (SSSR count). The first kappa shape index (κ1) is 14.2. The van der Waals surface area contributed by atoms with Crippen molar-refractivity contribution in [3.63, 3.8) is 0 Å². The molecule has 1 fully saturated rings. The second kappa shape index (κ2) is 5.42. The summed E-state index contributed by atoms with van der Waals surface area (Å²) >= 11 is 0. The van der Waals surface area contributed by atoms with Crippen molar-refractivity contribution in [1.82, 2.24) is 9.97 Å². The minimum Gasteiger partial charge on any atom is -0.481 e. The van der Waals surface area contributed by atoms with Gasteiger partial charge < -0.3 is 10.0 Å². The molecule has 1 N–H and O–H groups in total. The Morgan fingerprint density at radius 1 is 1.60 bits per heavy atom. The van der Waals surface area contributed by atoms with E-state index < -0.39 is 21.8 Å². The average molecular weight is 296 g/mol. The summed E-state index contributed by atoms with van der Waals surface area (Å²) in [7, 11) is -3.26. The van der Waals surface area contributed by atoms with Gasteiger partial charge in [-0.25, -0.2) is 18.4 Å². The van der Waals surface area contributed by atoms with Crippen molar-refractivity contribution in [2.45, 2.75) is 12.5 Å². The molecule has 0 radical (unpaired) electrons. The van der Waals surface area contributed by atoms with Gasteiger partial charge in [-0.15, -0.1) is 0 Å². The minimum atomic E-state index is -3.26. The molecule has 0 amide bonds. The van der Waals surface area contributed by atoms with E-state index in [0.717, 1.165) is 0 Å². The molecule has 0 aliphatic carbocycles. The maximum atomic E-state index is 11.6. The molecule has 2 heterocycles. The third kappa shape index (κ3) is 3.21. The van der Waals surface area contributed by atoms with Gasteiger partial charge in [-0.1, -0.05) is 0 Å². The van der Waals surface area contributed by atoms with Gasteiger partial charge in [0.05, 0.1) is 24.0 Å². The van der Waals surface area contributed by atoms with E-state index >= 15 is 0 Å². The molecule has 1 aliphatic rings. The van der Waals surface area contributed by atoms with E-state index in [1.54, 1.807) is 0 Å². The van der Waals surface area contributed by atoms with Crippen molar-refractivity contribution >= 4 is 21.8 Å². The van der Waals surface area contributed by atoms with E-state index in [0.29, 0.717) is 0 Å². The van der Waals surface area contributed by atoms with Crippen LogP contribution in [0.25, 0.3) is 0 Å². The molecule has 1 aliphatic heterocycles. The standard InChI is InChI=1S/C11H12N4O4S/c12-6-8-1-2-13-11(14-8)15-3-4-20(18,19)7-9(15)5-10(16)17/h1-2,9H,3-5,7H2,(H,16,17). The van der Waals surface area contributed by atoms with Crippen molar-refractivity contribution in [2.75, 3.05) is 23.0 Å². The average Bonchev–Trinajstić information content (AvgIpc) is 2.37. The SMILES string of the molecule is N#Cc1ccnc(N2CCS(=O)(=O)CC2CC(=O)O)n1. The van der Waals surface area contributed by atoms with E-state index in [2.05, 4.69) is 9.97 Å². The molecule has 9 heteroatoms. The van der Waals surface area contributed by atoms with Crippen LogP contribution in [0.1, 0.15) is 12.1 Å². The van der Waals surface area contributed by atoms with E-state index in [1.165, 1.54) is 17.2 Å². The Morgan fingerprint density at radius 2 is 2.35 bits per heavy atom. The maximum Gasteiger partial charge on any atom is 0.305 e. The summed E-state index contributed by atoms with van der Waals surface area (Å²) < 4.78 is 23.3. The quantitative estimate of drug-likeness (QED) is 0.786. The third-order valence-corrected chi connectivity index (χ3v) is 4.65. The van der Waals surface area contributed by atoms with Crippen LogP contribution in [0.5, 0.6) is 0 Å². The molecule has 20 heavy (non-hydrogen) atoms. The number of carboxylic acids is 1. The monoisotopic (exact) mass is 296 g/mol. The van der Waals surface area contributed by atoms with Crippen molar-refractivity contribution in [2.24, 2.45) is 0 Å². The van der Waals surface area contributed by atoms with Crippen LogP contribution >= 0.6 is 0 Å². The van der Waals surface area contributed by atoms with E-state index in [1.807, 2.05) is 6.07 Å². The highest BCUT2D eigenvalue weighted by Gasteiger charge is 2.34. The Hall–Kier alpha value is -2.21. The van der Waals surface area contributed by atoms with Crippen LogP contribution in [-0.4, -0.2) is 53.6 Å². The van der Waals surface area contributed by atoms with Gasteiger partial charge in [0.15, 0.2) is 9.84 Å². The van der Waals surface area contributed by atoms with E-state index in [-0.39, 0.29) is 36.1 Å². The highest BCUT2D eigenvalue weighted by molar-refractivity contribution is 7.91. The van der Waals surface area contributed by atoms with Gasteiger partial charge >= 0.3 is 5.97 Å². The number of sulfone groups is 1. The number of anilines is 1. The largest absolute Gasteiger partial charge is 0.481 e. The molecule has 1 aromatic heterocycles. The molecule has 8 nitrogen and oxygen atoms in total. The van der Waals surface area contributed by atoms with Crippen LogP contribution in [-0.2, 0) is 14.6 Å². The van der Waals surface area contributed by atoms with Gasteiger partial charge in [0.25, 0.3) is 0 Å². The number of hydrogen-bond acceptors (Lipinski definition) is 7. The molecule has 0 aromatic carbocycles. The Kier molecular flexibility index (Phi) is 3.85. The minimum absolute atomic E-state index is 0.0801. The predicted octanol–water partition coefficient (Wildman–Crippen LogP) is -0.574. The van der Waals surface area contributed by atoms with Crippen LogP contribution < -0.4 is 4.90 Å². The lowest BCUT2D eigenvalue weighted by Gasteiger charge is -2.34. The molecule has 1 unspecified atom stereocenters. The number of carboxylic acid groups (broad SMARTS) is 1. The molecule has 0 bridgehead atoms. The second-order valence-corrected chi connectivity index (χ2v) is 6.64. The lowest BCUT2D eigenvalue weighted by atomic mass is 10.2. The summed E-state index contributed by atoms with van der Waals surface area (Å²) in [6.45, 7) is 0.120. The van der Waals surface area contributed by atoms with Gasteiger partial charge in [0, 0.05) is 12.7 Å². The molecule has 1 atom stereocenters. The zero-order chi connectivity index (χ0) is 14.8. The third-order valence-electron chi connectivity index (χ3n) is 2.95. The molecule has 0 spiro atoms. The van der Waals surface area contributed by atoms with Gasteiger partial charge in [0.2, 0.25) is 5.95 Å². The predicted molar refractivity (Wildman–Crippen MR) is 68.8 cm³/mol. The lowest BCUT2D eigenvalue weighted by molar-refractivity contribution is -0.137. The van der Waals surface area contributed by atoms with Gasteiger partial charge in [-0.3, -0.25) is 4.79 Å². The fourth-order valence-corrected chi connectivity index (χ4v) is 3.60. The second-order valence-electron chi connectivity index (χ2n) is 4.41. The van der Waals surface area contributed by atoms with Crippen LogP contribution in [0, 0.1) is 11.3 Å². The normalized spacial score (nSPS) is 21.1. The smallest absolute Gasteiger partial charge is 0.305 e. The fourth-order valence-electron chi connectivity index (χ4n) is 2.07. The molecule has 106 valence electrons. The Morgan fingerprint density at radius 3 is 3.00 bits per heavy atom. The number of hydrogen-bond donors (Lipinski definition) is 1. The fraction of sp³-hybridized carbons (Fsp3) is 0.455. The zero-order valence-corrected chi connectivity index (χ0v) is 11.2. The summed E-state index contributed by atoms with van der Waals surface area (Å²) in [5, 5.41) is 17.7. The van der Waals surface area contributed by atoms with Crippen LogP contribution in [0.4, 0.5) is 5.95 Å². The maximum absolute atomic E-state index is 11.6. The van der Waals surface area contributed by atoms with Crippen LogP contribution in [0.15, 0.2) is 12.3 Å². The van der Waals surface area contributed by atoms with Crippen LogP contribution in [0.3, 0.4) is 0 Å². The summed E-state index contributed by atoms with van der Waals surface area (Å²) in [5.74, 6) is -1.23. The summed E-state index contributed by atoms with van der Waals surface area (Å²) in [6.07, 6.45) is 1.07. The van der Waals surface area contributed by atoms with Crippen LogP contribution in [0.2, 0.25) is 0 Å². The highest BCUT2D eigenvalue weighted by atomic mass is 32.2. The number of nitriles is 1. The van der Waals surface area contributed by atoms with Gasteiger partial charge in [-0.2, -0.15) is 5.26 Å². The summed E-state index contributed by atoms with van der Waals surface area (Å²) in [4.78, 5) is 20.4. The first-order valence-corrected chi connectivity index (χ1v) is 7.65. The van der Waals surface area contributed by atoms with E-state index in [4.69, 9.17) is 10.4 Å². The van der Waals surface area contributed by atoms with Crippen molar-refractivity contribution in [3.8, 4) is 6.07 Å². The van der Waals surface area contributed by atoms with Crippen molar-refractivity contribution < 1.29 is 18.3 Å². The number of rotatable bonds is 3. The van der Waals surface area contributed by atoms with Crippen molar-refractivity contribution in [3.05, 3.63) is 18.0 Å². The molecule has 0 saturated carbocycles. The van der Waals surface area contributed by atoms with E-state index in [9.17, 15) is 13.2 Å². The Bertz CT molecular complexity index is 667. The summed E-state index contributed by atoms with van der Waals surface area (Å²) in [6, 6.07) is 2.57. The number of carbonyl (C=O) groups is 1. The number of aromatic nitrogens is 2. The topological polar surface area (TPSA) is 124 Å². The van der Waals surface area contributed by atoms with Gasteiger partial charge in [0.1, 0.15) is 11.8 Å². The molecular formula is C11H12N4O4S. The summed E-state index contributed by atoms with van der Waals surface area (Å²) in [5.41, 5.74) is 0.150. The lowest BCUT2D eigenvalue weighted by Crippen LogP contribution is -2.50. The Balaban J connectivity index is 2.32. The zero-order valence-electron chi connectivity index (χ0n) is 10.4. The molecular weight excluding hydrogens is 284 g/mol. The molecule has 1 aromatic rings.